The molecule has 0 saturated heterocycles. The molecule has 160 valence electrons. The van der Waals surface area contributed by atoms with Gasteiger partial charge < -0.3 is 4.42 Å². The molecule has 0 fully saturated rings. The summed E-state index contributed by atoms with van der Waals surface area (Å²) in [4.78, 5) is 16.3. The Kier molecular flexibility index (Phi) is 5.00. The first-order valence-corrected chi connectivity index (χ1v) is 9.49. The average molecular weight is 456 g/mol. The third-order valence-electron chi connectivity index (χ3n) is 4.34. The Morgan fingerprint density at radius 1 is 1.00 bits per heavy atom. The fraction of sp³-hybridized carbons (Fsp3) is 0.100. The predicted octanol–water partition coefficient (Wildman–Crippen LogP) is 6.85. The number of nitrogens with zero attached hydrogens (tertiary/aromatic N) is 1. The molecule has 0 aliphatic carbocycles. The molecule has 4 rings (SSSR count). The molecule has 0 bridgehead atoms. The summed E-state index contributed by atoms with van der Waals surface area (Å²) >= 11 is 1.22. The molecule has 0 unspecified atom stereocenters. The number of thiophene rings is 1. The van der Waals surface area contributed by atoms with Gasteiger partial charge in [-0.2, -0.15) is 42.7 Å². The highest BCUT2D eigenvalue weighted by molar-refractivity contribution is 7.08. The third-order valence-corrected chi connectivity index (χ3v) is 5.02. The minimum Gasteiger partial charge on any atom is -0.423 e. The van der Waals surface area contributed by atoms with E-state index in [0.717, 1.165) is 24.3 Å². The van der Waals surface area contributed by atoms with E-state index in [1.165, 1.54) is 23.5 Å². The third kappa shape index (κ3) is 4.26. The van der Waals surface area contributed by atoms with E-state index < -0.39 is 35.4 Å². The van der Waals surface area contributed by atoms with E-state index in [0.29, 0.717) is 11.6 Å². The van der Waals surface area contributed by atoms with Crippen LogP contribution in [0.25, 0.3) is 22.2 Å². The van der Waals surface area contributed by atoms with Gasteiger partial charge in [0.2, 0.25) is 0 Å². The Hall–Kier alpha value is -3.34. The fourth-order valence-corrected chi connectivity index (χ4v) is 3.58. The van der Waals surface area contributed by atoms with E-state index in [9.17, 15) is 31.1 Å². The molecule has 2 aromatic heterocycles. The zero-order valence-corrected chi connectivity index (χ0v) is 16.0. The van der Waals surface area contributed by atoms with Gasteiger partial charge in [-0.1, -0.05) is 6.07 Å². The lowest BCUT2D eigenvalue weighted by molar-refractivity contribution is -0.138. The molecule has 1 N–H and O–H groups in total. The van der Waals surface area contributed by atoms with Crippen molar-refractivity contribution in [3.8, 4) is 11.1 Å². The Morgan fingerprint density at radius 2 is 1.77 bits per heavy atom. The van der Waals surface area contributed by atoms with Crippen LogP contribution >= 0.6 is 11.3 Å². The molecule has 11 heteroatoms. The van der Waals surface area contributed by atoms with E-state index in [4.69, 9.17) is 4.42 Å². The number of amides is 1. The standard InChI is InChI=1S/C20H10F6N2O2S/c21-19(22,23)12-3-1-2-10(6-12)17(29)28-18-27-15-7-13(11-4-5-31-9-11)14(20(24,25)26)8-16(15)30-18/h1-9H,(H,27,28,29). The molecule has 0 aliphatic heterocycles. The molecule has 0 radical (unpaired) electrons. The number of alkyl halides is 6. The van der Waals surface area contributed by atoms with Gasteiger partial charge in [-0.3, -0.25) is 10.1 Å². The van der Waals surface area contributed by atoms with Crippen molar-refractivity contribution in [3.63, 3.8) is 0 Å². The van der Waals surface area contributed by atoms with Crippen LogP contribution in [0.2, 0.25) is 0 Å². The lowest BCUT2D eigenvalue weighted by Crippen LogP contribution is -2.14. The van der Waals surface area contributed by atoms with Gasteiger partial charge in [-0.15, -0.1) is 0 Å². The van der Waals surface area contributed by atoms with Gasteiger partial charge in [0, 0.05) is 5.56 Å². The van der Waals surface area contributed by atoms with Crippen molar-refractivity contribution in [1.82, 2.24) is 4.98 Å². The number of rotatable bonds is 3. The van der Waals surface area contributed by atoms with Gasteiger partial charge in [-0.25, -0.2) is 0 Å². The first kappa shape index (κ1) is 20.9. The van der Waals surface area contributed by atoms with E-state index in [2.05, 4.69) is 10.3 Å². The molecule has 0 spiro atoms. The Bertz CT molecular complexity index is 1260. The van der Waals surface area contributed by atoms with Crippen molar-refractivity contribution in [2.45, 2.75) is 12.4 Å². The molecule has 4 nitrogen and oxygen atoms in total. The summed E-state index contributed by atoms with van der Waals surface area (Å²) in [6, 6.07) is 6.72. The second-order valence-corrected chi connectivity index (χ2v) is 7.21. The summed E-state index contributed by atoms with van der Waals surface area (Å²) in [5.74, 6) is -0.952. The first-order chi connectivity index (χ1) is 14.5. The molecule has 2 aromatic carbocycles. The van der Waals surface area contributed by atoms with E-state index in [-0.39, 0.29) is 22.2 Å². The van der Waals surface area contributed by atoms with Gasteiger partial charge in [0.15, 0.2) is 5.58 Å². The van der Waals surface area contributed by atoms with Crippen LogP contribution in [0.5, 0.6) is 0 Å². The molecule has 0 aliphatic rings. The average Bonchev–Trinajstić information content (AvgIpc) is 3.34. The summed E-state index contributed by atoms with van der Waals surface area (Å²) < 4.78 is 84.3. The summed E-state index contributed by atoms with van der Waals surface area (Å²) in [6.45, 7) is 0. The van der Waals surface area contributed by atoms with Crippen LogP contribution in [-0.2, 0) is 12.4 Å². The number of benzene rings is 2. The highest BCUT2D eigenvalue weighted by atomic mass is 32.1. The summed E-state index contributed by atoms with van der Waals surface area (Å²) in [6.07, 6.45) is -9.31. The maximum Gasteiger partial charge on any atom is 0.417 e. The number of nitrogens with one attached hydrogen (secondary N) is 1. The van der Waals surface area contributed by atoms with Crippen molar-refractivity contribution in [3.05, 3.63) is 69.9 Å². The number of halogens is 6. The second-order valence-electron chi connectivity index (χ2n) is 6.43. The minimum absolute atomic E-state index is 0.0496. The van der Waals surface area contributed by atoms with Gasteiger partial charge in [-0.05, 0) is 58.3 Å². The lowest BCUT2D eigenvalue weighted by Gasteiger charge is -2.11. The highest BCUT2D eigenvalue weighted by Crippen LogP contribution is 2.40. The first-order valence-electron chi connectivity index (χ1n) is 8.55. The van der Waals surface area contributed by atoms with Crippen molar-refractivity contribution >= 4 is 34.4 Å². The van der Waals surface area contributed by atoms with E-state index >= 15 is 0 Å². The number of carbonyl (C=O) groups is 1. The van der Waals surface area contributed by atoms with Crippen molar-refractivity contribution in [2.75, 3.05) is 5.32 Å². The second kappa shape index (κ2) is 7.41. The summed E-state index contributed by atoms with van der Waals surface area (Å²) in [5.41, 5.74) is -2.22. The van der Waals surface area contributed by atoms with Crippen LogP contribution in [0.3, 0.4) is 0 Å². The van der Waals surface area contributed by atoms with Gasteiger partial charge in [0.25, 0.3) is 5.91 Å². The van der Waals surface area contributed by atoms with Crippen LogP contribution in [0.1, 0.15) is 21.5 Å². The lowest BCUT2D eigenvalue weighted by atomic mass is 10.0. The van der Waals surface area contributed by atoms with Crippen LogP contribution < -0.4 is 5.32 Å². The van der Waals surface area contributed by atoms with Crippen LogP contribution in [0.4, 0.5) is 32.4 Å². The monoisotopic (exact) mass is 456 g/mol. The summed E-state index contributed by atoms with van der Waals surface area (Å²) in [7, 11) is 0. The summed E-state index contributed by atoms with van der Waals surface area (Å²) in [5, 5.41) is 5.35. The predicted molar refractivity (Wildman–Crippen MR) is 102 cm³/mol. The number of hydrogen-bond donors (Lipinski definition) is 1. The number of carbonyl (C=O) groups excluding carboxylic acids is 1. The number of hydrogen-bond acceptors (Lipinski definition) is 4. The Labute approximate surface area is 174 Å². The smallest absolute Gasteiger partial charge is 0.417 e. The molecule has 2 heterocycles. The Balaban J connectivity index is 1.69. The van der Waals surface area contributed by atoms with Crippen molar-refractivity contribution in [1.29, 1.82) is 0 Å². The van der Waals surface area contributed by atoms with Crippen LogP contribution in [0.15, 0.2) is 57.6 Å². The maximum atomic E-state index is 13.5. The maximum absolute atomic E-state index is 13.5. The van der Waals surface area contributed by atoms with Crippen molar-refractivity contribution < 1.29 is 35.6 Å². The van der Waals surface area contributed by atoms with E-state index in [1.807, 2.05) is 0 Å². The molecule has 31 heavy (non-hydrogen) atoms. The van der Waals surface area contributed by atoms with E-state index in [1.54, 1.807) is 10.8 Å². The number of aromatic nitrogens is 1. The zero-order valence-electron chi connectivity index (χ0n) is 15.1. The van der Waals surface area contributed by atoms with Crippen LogP contribution in [-0.4, -0.2) is 10.9 Å². The molecule has 0 saturated carbocycles. The molecular weight excluding hydrogens is 446 g/mol. The zero-order chi connectivity index (χ0) is 22.4. The largest absolute Gasteiger partial charge is 0.423 e. The highest BCUT2D eigenvalue weighted by Gasteiger charge is 2.35. The number of oxazole rings is 1. The quantitative estimate of drug-likeness (QED) is 0.343. The molecular formula is C20H10F6N2O2S. The topological polar surface area (TPSA) is 55.1 Å². The molecule has 1 amide bonds. The Morgan fingerprint density at radius 3 is 2.42 bits per heavy atom. The van der Waals surface area contributed by atoms with Gasteiger partial charge >= 0.3 is 18.4 Å². The SMILES string of the molecule is O=C(Nc1nc2cc(-c3ccsc3)c(C(F)(F)F)cc2o1)c1cccc(C(F)(F)F)c1. The van der Waals surface area contributed by atoms with Gasteiger partial charge in [0.1, 0.15) is 5.52 Å². The number of fused-ring (bicyclic) bond motifs is 1. The van der Waals surface area contributed by atoms with Gasteiger partial charge in [0.05, 0.1) is 11.1 Å². The van der Waals surface area contributed by atoms with Crippen LogP contribution in [0, 0.1) is 0 Å². The normalized spacial score (nSPS) is 12.3. The fourth-order valence-electron chi connectivity index (χ4n) is 2.92. The minimum atomic E-state index is -4.67. The molecule has 0 atom stereocenters. The number of anilines is 1. The van der Waals surface area contributed by atoms with Crippen molar-refractivity contribution in [2.24, 2.45) is 0 Å². The molecule has 4 aromatic rings.